The van der Waals surface area contributed by atoms with E-state index in [1.54, 1.807) is 27.5 Å². The summed E-state index contributed by atoms with van der Waals surface area (Å²) in [7, 11) is 4.85. The Morgan fingerprint density at radius 2 is 1.58 bits per heavy atom. The predicted molar refractivity (Wildman–Crippen MR) is 119 cm³/mol. The topological polar surface area (TPSA) is 60.9 Å². The van der Waals surface area contributed by atoms with Crippen LogP contribution in [0.2, 0.25) is 0 Å². The second-order valence-electron chi connectivity index (χ2n) is 7.07. The average Bonchev–Trinajstić information content (AvgIpc) is 2.82. The standard InChI is InChI=1S/C25H28N2O4/c1-29-22-10-5-4-8-20(22)12-14-25(28)27(18-21-9-6-7-15-26-21)17-19-11-13-23(30-2)24(16-19)31-3/h4-11,13,15-16H,12,14,17-18H2,1-3H3. The number of carbonyl (C=O) groups is 1. The van der Waals surface area contributed by atoms with Crippen molar-refractivity contribution in [2.45, 2.75) is 25.9 Å². The van der Waals surface area contributed by atoms with Gasteiger partial charge in [0.25, 0.3) is 0 Å². The molecule has 0 atom stereocenters. The minimum absolute atomic E-state index is 0.0475. The summed E-state index contributed by atoms with van der Waals surface area (Å²) < 4.78 is 16.2. The van der Waals surface area contributed by atoms with Gasteiger partial charge >= 0.3 is 0 Å². The normalized spacial score (nSPS) is 10.4. The van der Waals surface area contributed by atoms with Crippen molar-refractivity contribution in [3.05, 3.63) is 83.7 Å². The van der Waals surface area contributed by atoms with Crippen LogP contribution in [-0.2, 0) is 24.3 Å². The lowest BCUT2D eigenvalue weighted by Crippen LogP contribution is -2.30. The fourth-order valence-electron chi connectivity index (χ4n) is 3.43. The Bertz CT molecular complexity index is 992. The summed E-state index contributed by atoms with van der Waals surface area (Å²) in [6, 6.07) is 19.2. The highest BCUT2D eigenvalue weighted by molar-refractivity contribution is 5.76. The van der Waals surface area contributed by atoms with Crippen LogP contribution in [0.4, 0.5) is 0 Å². The van der Waals surface area contributed by atoms with Gasteiger partial charge in [-0.1, -0.05) is 30.3 Å². The van der Waals surface area contributed by atoms with Gasteiger partial charge in [-0.3, -0.25) is 9.78 Å². The Hall–Kier alpha value is -3.54. The first-order chi connectivity index (χ1) is 15.1. The lowest BCUT2D eigenvalue weighted by Gasteiger charge is -2.23. The minimum Gasteiger partial charge on any atom is -0.496 e. The monoisotopic (exact) mass is 420 g/mol. The summed E-state index contributed by atoms with van der Waals surface area (Å²) in [5.74, 6) is 2.14. The van der Waals surface area contributed by atoms with Crippen molar-refractivity contribution in [3.8, 4) is 17.2 Å². The van der Waals surface area contributed by atoms with Crippen molar-refractivity contribution < 1.29 is 19.0 Å². The van der Waals surface area contributed by atoms with Crippen molar-refractivity contribution in [1.82, 2.24) is 9.88 Å². The molecule has 3 aromatic rings. The molecule has 31 heavy (non-hydrogen) atoms. The van der Waals surface area contributed by atoms with E-state index >= 15 is 0 Å². The van der Waals surface area contributed by atoms with Crippen LogP contribution in [0.15, 0.2) is 66.9 Å². The second kappa shape index (κ2) is 11.0. The molecule has 2 aromatic carbocycles. The van der Waals surface area contributed by atoms with Gasteiger partial charge in [0.1, 0.15) is 5.75 Å². The molecule has 0 radical (unpaired) electrons. The molecule has 0 N–H and O–H groups in total. The quantitative estimate of drug-likeness (QED) is 0.490. The number of aromatic nitrogens is 1. The molecule has 0 bridgehead atoms. The molecule has 0 fully saturated rings. The highest BCUT2D eigenvalue weighted by atomic mass is 16.5. The second-order valence-corrected chi connectivity index (χ2v) is 7.07. The number of methoxy groups -OCH3 is 3. The third kappa shape index (κ3) is 5.98. The number of nitrogens with zero attached hydrogens (tertiary/aromatic N) is 2. The number of aryl methyl sites for hydroxylation is 1. The zero-order valence-electron chi connectivity index (χ0n) is 18.2. The Labute approximate surface area is 183 Å². The summed E-state index contributed by atoms with van der Waals surface area (Å²) in [6.45, 7) is 0.877. The van der Waals surface area contributed by atoms with Gasteiger partial charge in [-0.2, -0.15) is 0 Å². The van der Waals surface area contributed by atoms with E-state index in [4.69, 9.17) is 14.2 Å². The van der Waals surface area contributed by atoms with Crippen LogP contribution in [0.25, 0.3) is 0 Å². The summed E-state index contributed by atoms with van der Waals surface area (Å²) in [5, 5.41) is 0. The third-order valence-electron chi connectivity index (χ3n) is 5.05. The fraction of sp³-hybridized carbons (Fsp3) is 0.280. The van der Waals surface area contributed by atoms with Gasteiger partial charge in [0, 0.05) is 19.2 Å². The number of benzene rings is 2. The number of hydrogen-bond donors (Lipinski definition) is 0. The molecule has 6 heteroatoms. The first-order valence-electron chi connectivity index (χ1n) is 10.1. The smallest absolute Gasteiger partial charge is 0.223 e. The zero-order valence-corrected chi connectivity index (χ0v) is 18.2. The zero-order chi connectivity index (χ0) is 22.1. The number of para-hydroxylation sites is 1. The number of amides is 1. The van der Waals surface area contributed by atoms with Gasteiger partial charge in [0.05, 0.1) is 33.6 Å². The van der Waals surface area contributed by atoms with E-state index in [0.29, 0.717) is 37.4 Å². The van der Waals surface area contributed by atoms with Crippen LogP contribution in [0.3, 0.4) is 0 Å². The highest BCUT2D eigenvalue weighted by Crippen LogP contribution is 2.28. The molecular weight excluding hydrogens is 392 g/mol. The highest BCUT2D eigenvalue weighted by Gasteiger charge is 2.17. The Kier molecular flexibility index (Phi) is 7.87. The lowest BCUT2D eigenvalue weighted by atomic mass is 10.1. The van der Waals surface area contributed by atoms with Gasteiger partial charge in [0.2, 0.25) is 5.91 Å². The average molecular weight is 421 g/mol. The van der Waals surface area contributed by atoms with Crippen molar-refractivity contribution in [3.63, 3.8) is 0 Å². The molecule has 0 aliphatic rings. The van der Waals surface area contributed by atoms with Crippen LogP contribution in [-0.4, -0.2) is 37.1 Å². The molecule has 162 valence electrons. The van der Waals surface area contributed by atoms with Gasteiger partial charge in [-0.05, 0) is 47.9 Å². The number of pyridine rings is 1. The fourth-order valence-corrected chi connectivity index (χ4v) is 3.43. The molecule has 0 aliphatic carbocycles. The first kappa shape index (κ1) is 22.2. The number of rotatable bonds is 10. The maximum Gasteiger partial charge on any atom is 0.223 e. The Balaban J connectivity index is 1.78. The van der Waals surface area contributed by atoms with E-state index < -0.39 is 0 Å². The molecule has 0 unspecified atom stereocenters. The molecular formula is C25H28N2O4. The van der Waals surface area contributed by atoms with Gasteiger partial charge < -0.3 is 19.1 Å². The molecule has 1 aromatic heterocycles. The maximum atomic E-state index is 13.2. The van der Waals surface area contributed by atoms with Crippen molar-refractivity contribution in [2.24, 2.45) is 0 Å². The summed E-state index contributed by atoms with van der Waals surface area (Å²) >= 11 is 0. The van der Waals surface area contributed by atoms with E-state index in [2.05, 4.69) is 4.98 Å². The number of hydrogen-bond acceptors (Lipinski definition) is 5. The van der Waals surface area contributed by atoms with Gasteiger partial charge in [-0.25, -0.2) is 0 Å². The molecule has 0 spiro atoms. The van der Waals surface area contributed by atoms with Crippen LogP contribution in [0, 0.1) is 0 Å². The number of ether oxygens (including phenoxy) is 3. The summed E-state index contributed by atoms with van der Waals surface area (Å²) in [4.78, 5) is 19.4. The molecule has 3 rings (SSSR count). The predicted octanol–water partition coefficient (Wildman–Crippen LogP) is 4.27. The Morgan fingerprint density at radius 3 is 2.29 bits per heavy atom. The van der Waals surface area contributed by atoms with Crippen LogP contribution in [0.5, 0.6) is 17.2 Å². The van der Waals surface area contributed by atoms with E-state index in [1.165, 1.54) is 0 Å². The van der Waals surface area contributed by atoms with E-state index in [0.717, 1.165) is 22.6 Å². The Morgan fingerprint density at radius 1 is 0.839 bits per heavy atom. The molecule has 0 aliphatic heterocycles. The van der Waals surface area contributed by atoms with Crippen LogP contribution < -0.4 is 14.2 Å². The maximum absolute atomic E-state index is 13.2. The molecule has 0 saturated heterocycles. The van der Waals surface area contributed by atoms with Gasteiger partial charge in [-0.15, -0.1) is 0 Å². The van der Waals surface area contributed by atoms with E-state index in [-0.39, 0.29) is 5.91 Å². The first-order valence-corrected chi connectivity index (χ1v) is 10.1. The minimum atomic E-state index is 0.0475. The summed E-state index contributed by atoms with van der Waals surface area (Å²) in [6.07, 6.45) is 2.72. The largest absolute Gasteiger partial charge is 0.496 e. The van der Waals surface area contributed by atoms with Crippen molar-refractivity contribution >= 4 is 5.91 Å². The summed E-state index contributed by atoms with van der Waals surface area (Å²) in [5.41, 5.74) is 2.81. The van der Waals surface area contributed by atoms with Crippen molar-refractivity contribution in [2.75, 3.05) is 21.3 Å². The molecule has 1 heterocycles. The van der Waals surface area contributed by atoms with Crippen LogP contribution >= 0.6 is 0 Å². The molecule has 6 nitrogen and oxygen atoms in total. The molecule has 0 saturated carbocycles. The molecule has 1 amide bonds. The third-order valence-corrected chi connectivity index (χ3v) is 5.05. The van der Waals surface area contributed by atoms with Gasteiger partial charge in [0.15, 0.2) is 11.5 Å². The van der Waals surface area contributed by atoms with E-state index in [9.17, 15) is 4.79 Å². The lowest BCUT2D eigenvalue weighted by molar-refractivity contribution is -0.132. The number of carbonyl (C=O) groups excluding carboxylic acids is 1. The van der Waals surface area contributed by atoms with Crippen molar-refractivity contribution in [1.29, 1.82) is 0 Å². The SMILES string of the molecule is COc1ccccc1CCC(=O)N(Cc1ccc(OC)c(OC)c1)Cc1ccccn1. The van der Waals surface area contributed by atoms with Crippen LogP contribution in [0.1, 0.15) is 23.2 Å². The van der Waals surface area contributed by atoms with E-state index in [1.807, 2.05) is 65.6 Å².